The molecule has 150 valence electrons. The van der Waals surface area contributed by atoms with E-state index in [0.29, 0.717) is 23.6 Å². The molecule has 0 unspecified atom stereocenters. The zero-order chi connectivity index (χ0) is 20.4. The Hall–Kier alpha value is -2.99. The molecule has 0 N–H and O–H groups in total. The van der Waals surface area contributed by atoms with Gasteiger partial charge in [0.05, 0.1) is 27.4 Å². The van der Waals surface area contributed by atoms with Crippen LogP contribution in [0.3, 0.4) is 0 Å². The third-order valence-corrected chi connectivity index (χ3v) is 6.21. The molecule has 1 atom stereocenters. The lowest BCUT2D eigenvalue weighted by Gasteiger charge is -2.37. The van der Waals surface area contributed by atoms with Crippen LogP contribution in [0.25, 0.3) is 0 Å². The van der Waals surface area contributed by atoms with Crippen molar-refractivity contribution < 1.29 is 19.0 Å². The van der Waals surface area contributed by atoms with Gasteiger partial charge in [-0.3, -0.25) is 4.79 Å². The van der Waals surface area contributed by atoms with E-state index in [1.807, 2.05) is 52.7 Å². The van der Waals surface area contributed by atoms with Gasteiger partial charge in [0, 0.05) is 17.0 Å². The average Bonchev–Trinajstić information content (AvgIpc) is 3.31. The Morgan fingerprint density at radius 2 is 1.72 bits per heavy atom. The number of thiophene rings is 1. The lowest BCUT2D eigenvalue weighted by atomic mass is 9.90. The van der Waals surface area contributed by atoms with Crippen LogP contribution in [0.1, 0.15) is 32.4 Å². The number of nitrogens with zero attached hydrogens (tertiary/aromatic N) is 1. The Bertz CT molecular complexity index is 998. The lowest BCUT2D eigenvalue weighted by Crippen LogP contribution is -2.40. The molecule has 0 saturated carbocycles. The predicted octanol–water partition coefficient (Wildman–Crippen LogP) is 4.56. The molecule has 2 aromatic carbocycles. The zero-order valence-electron chi connectivity index (χ0n) is 16.7. The number of ether oxygens (including phenoxy) is 3. The summed E-state index contributed by atoms with van der Waals surface area (Å²) in [7, 11) is 4.89. The summed E-state index contributed by atoms with van der Waals surface area (Å²) in [4.78, 5) is 16.5. The summed E-state index contributed by atoms with van der Waals surface area (Å²) in [6, 6.07) is 15.2. The third kappa shape index (κ3) is 3.56. The molecule has 4 rings (SSSR count). The zero-order valence-corrected chi connectivity index (χ0v) is 17.5. The number of benzene rings is 2. The summed E-state index contributed by atoms with van der Waals surface area (Å²) in [6.45, 7) is 0.635. The van der Waals surface area contributed by atoms with E-state index < -0.39 is 0 Å². The standard InChI is InChI=1S/C23H23NO4S/c1-26-17-8-6-15(7-9-17)23(25)24-11-10-16-13-19(27-2)20(28-3)14-18(16)22(24)21-5-4-12-29-21/h4-9,12-14,22H,10-11H2,1-3H3/t22-/m1/s1. The highest BCUT2D eigenvalue weighted by Crippen LogP contribution is 2.42. The quantitative estimate of drug-likeness (QED) is 0.620. The van der Waals surface area contributed by atoms with Crippen LogP contribution < -0.4 is 14.2 Å². The van der Waals surface area contributed by atoms with Gasteiger partial charge in [-0.15, -0.1) is 11.3 Å². The van der Waals surface area contributed by atoms with Crippen LogP contribution in [0, 0.1) is 0 Å². The van der Waals surface area contributed by atoms with Gasteiger partial charge < -0.3 is 19.1 Å². The van der Waals surface area contributed by atoms with E-state index in [4.69, 9.17) is 14.2 Å². The van der Waals surface area contributed by atoms with E-state index in [1.54, 1.807) is 32.7 Å². The maximum atomic E-state index is 13.4. The maximum Gasteiger partial charge on any atom is 0.254 e. The number of amides is 1. The monoisotopic (exact) mass is 409 g/mol. The molecule has 1 amide bonds. The van der Waals surface area contributed by atoms with Gasteiger partial charge in [0.2, 0.25) is 0 Å². The Morgan fingerprint density at radius 1 is 1.00 bits per heavy atom. The first kappa shape index (κ1) is 19.3. The van der Waals surface area contributed by atoms with Gasteiger partial charge in [0.15, 0.2) is 11.5 Å². The van der Waals surface area contributed by atoms with Crippen LogP contribution in [0.4, 0.5) is 0 Å². The summed E-state index contributed by atoms with van der Waals surface area (Å²) in [5.41, 5.74) is 2.91. The number of hydrogen-bond acceptors (Lipinski definition) is 5. The van der Waals surface area contributed by atoms with E-state index in [0.717, 1.165) is 22.6 Å². The van der Waals surface area contributed by atoms with Crippen molar-refractivity contribution in [3.63, 3.8) is 0 Å². The highest BCUT2D eigenvalue weighted by Gasteiger charge is 2.34. The van der Waals surface area contributed by atoms with Gasteiger partial charge in [-0.1, -0.05) is 6.07 Å². The fourth-order valence-corrected chi connectivity index (χ4v) is 4.67. The minimum atomic E-state index is -0.159. The molecule has 0 radical (unpaired) electrons. The first-order valence-electron chi connectivity index (χ1n) is 9.39. The summed E-state index contributed by atoms with van der Waals surface area (Å²) in [6.07, 6.45) is 0.763. The van der Waals surface area contributed by atoms with E-state index in [9.17, 15) is 4.79 Å². The Morgan fingerprint density at radius 3 is 2.34 bits per heavy atom. The van der Waals surface area contributed by atoms with Crippen molar-refractivity contribution in [2.75, 3.05) is 27.9 Å². The molecule has 1 aliphatic rings. The second kappa shape index (κ2) is 8.17. The number of rotatable bonds is 5. The molecule has 1 aliphatic heterocycles. The second-order valence-corrected chi connectivity index (χ2v) is 7.78. The molecule has 0 spiro atoms. The third-order valence-electron chi connectivity index (χ3n) is 5.28. The highest BCUT2D eigenvalue weighted by molar-refractivity contribution is 7.10. The number of carbonyl (C=O) groups excluding carboxylic acids is 1. The Balaban J connectivity index is 1.78. The molecule has 5 nitrogen and oxygen atoms in total. The lowest BCUT2D eigenvalue weighted by molar-refractivity contribution is 0.0697. The van der Waals surface area contributed by atoms with Crippen molar-refractivity contribution >= 4 is 17.2 Å². The molecule has 3 aromatic rings. The Labute approximate surface area is 174 Å². The van der Waals surface area contributed by atoms with Crippen LogP contribution in [0.15, 0.2) is 53.9 Å². The minimum absolute atomic E-state index is 0.00601. The van der Waals surface area contributed by atoms with Crippen molar-refractivity contribution in [3.05, 3.63) is 75.5 Å². The van der Waals surface area contributed by atoms with Gasteiger partial charge in [-0.25, -0.2) is 0 Å². The summed E-state index contributed by atoms with van der Waals surface area (Å²) in [5.74, 6) is 2.13. The fraction of sp³-hybridized carbons (Fsp3) is 0.261. The van der Waals surface area contributed by atoms with Crippen molar-refractivity contribution in [2.24, 2.45) is 0 Å². The fourth-order valence-electron chi connectivity index (χ4n) is 3.82. The van der Waals surface area contributed by atoms with Gasteiger partial charge in [-0.2, -0.15) is 0 Å². The van der Waals surface area contributed by atoms with E-state index in [1.165, 1.54) is 5.56 Å². The highest BCUT2D eigenvalue weighted by atomic mass is 32.1. The molecule has 1 aromatic heterocycles. The van der Waals surface area contributed by atoms with Crippen molar-refractivity contribution in [3.8, 4) is 17.2 Å². The van der Waals surface area contributed by atoms with Crippen LogP contribution in [0.2, 0.25) is 0 Å². The minimum Gasteiger partial charge on any atom is -0.497 e. The van der Waals surface area contributed by atoms with Crippen LogP contribution in [0.5, 0.6) is 17.2 Å². The van der Waals surface area contributed by atoms with Gasteiger partial charge >= 0.3 is 0 Å². The molecule has 0 saturated heterocycles. The topological polar surface area (TPSA) is 48.0 Å². The molecular formula is C23H23NO4S. The molecule has 0 aliphatic carbocycles. The van der Waals surface area contributed by atoms with Crippen molar-refractivity contribution in [1.82, 2.24) is 4.90 Å². The van der Waals surface area contributed by atoms with Crippen LogP contribution in [-0.2, 0) is 6.42 Å². The van der Waals surface area contributed by atoms with Crippen LogP contribution >= 0.6 is 11.3 Å². The molecule has 29 heavy (non-hydrogen) atoms. The normalized spacial score (nSPS) is 15.6. The molecule has 0 bridgehead atoms. The van der Waals surface area contributed by atoms with Gasteiger partial charge in [0.1, 0.15) is 5.75 Å². The first-order valence-corrected chi connectivity index (χ1v) is 10.3. The second-order valence-electron chi connectivity index (χ2n) is 6.80. The molecule has 6 heteroatoms. The number of methoxy groups -OCH3 is 3. The first-order chi connectivity index (χ1) is 14.2. The van der Waals surface area contributed by atoms with E-state index in [2.05, 4.69) is 6.07 Å². The molecular weight excluding hydrogens is 386 g/mol. The van der Waals surface area contributed by atoms with Gasteiger partial charge in [0.25, 0.3) is 5.91 Å². The van der Waals surface area contributed by atoms with Crippen LogP contribution in [-0.4, -0.2) is 38.7 Å². The number of fused-ring (bicyclic) bond motifs is 1. The maximum absolute atomic E-state index is 13.4. The largest absolute Gasteiger partial charge is 0.497 e. The van der Waals surface area contributed by atoms with Gasteiger partial charge in [-0.05, 0) is 65.4 Å². The number of carbonyl (C=O) groups is 1. The number of hydrogen-bond donors (Lipinski definition) is 0. The summed E-state index contributed by atoms with van der Waals surface area (Å²) in [5, 5.41) is 2.04. The Kier molecular flexibility index (Phi) is 5.45. The van der Waals surface area contributed by atoms with Crippen molar-refractivity contribution in [1.29, 1.82) is 0 Å². The van der Waals surface area contributed by atoms with E-state index in [-0.39, 0.29) is 11.9 Å². The summed E-state index contributed by atoms with van der Waals surface area (Å²) < 4.78 is 16.2. The predicted molar refractivity (Wildman–Crippen MR) is 113 cm³/mol. The smallest absolute Gasteiger partial charge is 0.254 e. The SMILES string of the molecule is COc1ccc(C(=O)N2CCc3cc(OC)c(OC)cc3[C@@H]2c2cccs2)cc1. The molecule has 2 heterocycles. The van der Waals surface area contributed by atoms with E-state index >= 15 is 0 Å². The summed E-state index contributed by atoms with van der Waals surface area (Å²) >= 11 is 1.65. The average molecular weight is 410 g/mol. The van der Waals surface area contributed by atoms with Crippen molar-refractivity contribution in [2.45, 2.75) is 12.5 Å². The molecule has 0 fully saturated rings.